The lowest BCUT2D eigenvalue weighted by Crippen LogP contribution is -2.47. The summed E-state index contributed by atoms with van der Waals surface area (Å²) in [5.74, 6) is 0.539. The first kappa shape index (κ1) is 31.8. The molecule has 1 saturated carbocycles. The summed E-state index contributed by atoms with van der Waals surface area (Å²) in [6.45, 7) is 5.85. The lowest BCUT2D eigenvalue weighted by atomic mass is 9.85. The molecule has 236 valence electrons. The summed E-state index contributed by atoms with van der Waals surface area (Å²) in [5.41, 5.74) is 0.173. The Balaban J connectivity index is 1.56. The quantitative estimate of drug-likeness (QED) is 0.260. The number of quaternary nitrogens is 1. The molecule has 1 N–H and O–H groups in total. The van der Waals surface area contributed by atoms with E-state index in [2.05, 4.69) is 37.5 Å². The second-order valence-electron chi connectivity index (χ2n) is 12.3. The smallest absolute Gasteiger partial charge is 0.335 e. The number of aromatic nitrogens is 4. The van der Waals surface area contributed by atoms with Gasteiger partial charge in [-0.1, -0.05) is 6.07 Å². The van der Waals surface area contributed by atoms with Gasteiger partial charge in [0.1, 0.15) is 5.69 Å². The summed E-state index contributed by atoms with van der Waals surface area (Å²) < 4.78 is 45.5. The van der Waals surface area contributed by atoms with Crippen molar-refractivity contribution >= 4 is 6.03 Å². The predicted octanol–water partition coefficient (Wildman–Crippen LogP) is 5.90. The lowest BCUT2D eigenvalue weighted by molar-refractivity contribution is -0.892. The third-order valence-corrected chi connectivity index (χ3v) is 8.83. The second kappa shape index (κ2) is 12.4. The molecule has 0 bridgehead atoms. The van der Waals surface area contributed by atoms with Crippen LogP contribution in [0.3, 0.4) is 0 Å². The maximum Gasteiger partial charge on any atom is 0.416 e. The van der Waals surface area contributed by atoms with Gasteiger partial charge < -0.3 is 9.80 Å². The maximum atomic E-state index is 14.0. The molecule has 4 aromatic rings. The van der Waals surface area contributed by atoms with Crippen molar-refractivity contribution in [3.8, 4) is 28.8 Å². The highest BCUT2D eigenvalue weighted by molar-refractivity contribution is 5.83. The number of carbonyl (C=O) groups excluding carboxylic acids is 1. The van der Waals surface area contributed by atoms with Crippen LogP contribution < -0.4 is 11.0 Å². The zero-order valence-corrected chi connectivity index (χ0v) is 25.8. The number of nitrogens with zero attached hydrogens (tertiary/aromatic N) is 6. The molecule has 5 rings (SSSR count). The van der Waals surface area contributed by atoms with Crippen LogP contribution in [-0.4, -0.2) is 62.7 Å². The minimum atomic E-state index is -4.62. The first-order valence-electron chi connectivity index (χ1n) is 15.0. The predicted molar refractivity (Wildman–Crippen MR) is 164 cm³/mol. The van der Waals surface area contributed by atoms with Gasteiger partial charge in [0.25, 0.3) is 0 Å². The highest BCUT2D eigenvalue weighted by atomic mass is 19.4. The minimum Gasteiger partial charge on any atom is -0.335 e. The van der Waals surface area contributed by atoms with Crippen LogP contribution in [0, 0.1) is 24.2 Å². The van der Waals surface area contributed by atoms with Crippen molar-refractivity contribution < 1.29 is 22.4 Å². The molecule has 0 aliphatic heterocycles. The van der Waals surface area contributed by atoms with E-state index in [1.807, 2.05) is 0 Å². The highest BCUT2D eigenvalue weighted by Crippen LogP contribution is 2.32. The van der Waals surface area contributed by atoms with Crippen molar-refractivity contribution in [2.75, 3.05) is 27.2 Å². The lowest BCUT2D eigenvalue weighted by Gasteiger charge is -2.36. The van der Waals surface area contributed by atoms with Crippen LogP contribution in [0.1, 0.15) is 49.4 Å². The van der Waals surface area contributed by atoms with E-state index >= 15 is 0 Å². The number of rotatable bonds is 7. The molecule has 1 amide bonds. The number of nitriles is 1. The normalized spacial score (nSPS) is 17.2. The minimum absolute atomic E-state index is 0.0123. The average molecular weight is 621 g/mol. The molecule has 1 aliphatic carbocycles. The van der Waals surface area contributed by atoms with Crippen LogP contribution in [-0.2, 0) is 6.18 Å². The molecule has 1 aliphatic rings. The Hall–Kier alpha value is -4.63. The second-order valence-corrected chi connectivity index (χ2v) is 12.3. The van der Waals surface area contributed by atoms with Gasteiger partial charge in [-0.25, -0.2) is 18.8 Å². The van der Waals surface area contributed by atoms with Crippen LogP contribution in [0.25, 0.3) is 22.8 Å². The zero-order valence-electron chi connectivity index (χ0n) is 25.8. The van der Waals surface area contributed by atoms with Crippen LogP contribution >= 0.6 is 0 Å². The molecule has 0 saturated heterocycles. The fourth-order valence-electron chi connectivity index (χ4n) is 6.14. The van der Waals surface area contributed by atoms with E-state index in [1.54, 1.807) is 37.3 Å². The van der Waals surface area contributed by atoms with Crippen molar-refractivity contribution in [2.24, 2.45) is 5.92 Å². The fourth-order valence-corrected chi connectivity index (χ4v) is 6.14. The Morgan fingerprint density at radius 1 is 1.07 bits per heavy atom. The van der Waals surface area contributed by atoms with Gasteiger partial charge in [0.15, 0.2) is 0 Å². The number of carbonyl (C=O) groups is 1. The summed E-state index contributed by atoms with van der Waals surface area (Å²) in [7, 11) is 4.42. The summed E-state index contributed by atoms with van der Waals surface area (Å²) >= 11 is 0. The molecule has 1 fully saturated rings. The topological polar surface area (TPSA) is 97.6 Å². The van der Waals surface area contributed by atoms with Gasteiger partial charge in [0.2, 0.25) is 0 Å². The van der Waals surface area contributed by atoms with E-state index in [1.165, 1.54) is 23.0 Å². The van der Waals surface area contributed by atoms with Crippen molar-refractivity contribution in [1.82, 2.24) is 24.2 Å². The van der Waals surface area contributed by atoms with Gasteiger partial charge in [0.05, 0.1) is 73.3 Å². The first-order chi connectivity index (χ1) is 21.3. The monoisotopic (exact) mass is 620 g/mol. The van der Waals surface area contributed by atoms with Crippen LogP contribution in [0.4, 0.5) is 18.0 Å². The molecule has 45 heavy (non-hydrogen) atoms. The van der Waals surface area contributed by atoms with E-state index in [4.69, 9.17) is 0 Å². The number of benzene rings is 2. The third kappa shape index (κ3) is 6.59. The number of nitrogens with one attached hydrogen (secondary N) is 1. The number of halogens is 3. The van der Waals surface area contributed by atoms with E-state index in [9.17, 15) is 28.0 Å². The summed E-state index contributed by atoms with van der Waals surface area (Å²) in [5, 5.41) is 16.7. The number of hydrogen-bond acceptors (Lipinski definition) is 4. The van der Waals surface area contributed by atoms with Gasteiger partial charge in [-0.3, -0.25) is 4.57 Å². The van der Waals surface area contributed by atoms with Gasteiger partial charge in [-0.05, 0) is 88.1 Å². The molecule has 9 nitrogen and oxygen atoms in total. The van der Waals surface area contributed by atoms with Crippen molar-refractivity contribution in [2.45, 2.75) is 51.7 Å². The molecule has 2 heterocycles. The molecular formula is C33H37F3N7O2+. The molecule has 12 heteroatoms. The fraction of sp³-hybridized carbons (Fsp3) is 0.394. The Labute approximate surface area is 259 Å². The van der Waals surface area contributed by atoms with E-state index in [0.717, 1.165) is 64.5 Å². The van der Waals surface area contributed by atoms with Gasteiger partial charge in [-0.15, -0.1) is 0 Å². The van der Waals surface area contributed by atoms with Crippen LogP contribution in [0.2, 0.25) is 0 Å². The molecular weight excluding hydrogens is 583 g/mol. The number of imidazole rings is 1. The van der Waals surface area contributed by atoms with Gasteiger partial charge >= 0.3 is 17.9 Å². The number of alkyl halides is 3. The number of amides is 1. The van der Waals surface area contributed by atoms with Crippen LogP contribution in [0.5, 0.6) is 0 Å². The summed E-state index contributed by atoms with van der Waals surface area (Å²) in [6.07, 6.45) is 0.323. The Morgan fingerprint density at radius 3 is 2.38 bits per heavy atom. The molecule has 0 atom stereocenters. The largest absolute Gasteiger partial charge is 0.416 e. The molecule has 0 spiro atoms. The van der Waals surface area contributed by atoms with Crippen molar-refractivity contribution in [1.29, 1.82) is 5.26 Å². The highest BCUT2D eigenvalue weighted by Gasteiger charge is 2.33. The van der Waals surface area contributed by atoms with Crippen molar-refractivity contribution in [3.05, 3.63) is 88.1 Å². The van der Waals surface area contributed by atoms with Gasteiger partial charge in [0, 0.05) is 12.0 Å². The van der Waals surface area contributed by atoms with Crippen molar-refractivity contribution in [3.63, 3.8) is 0 Å². The van der Waals surface area contributed by atoms with E-state index in [0.29, 0.717) is 22.9 Å². The first-order valence-corrected chi connectivity index (χ1v) is 15.0. The number of hydrogen-bond donors (Lipinski definition) is 1. The third-order valence-electron chi connectivity index (χ3n) is 8.83. The Bertz CT molecular complexity index is 1780. The summed E-state index contributed by atoms with van der Waals surface area (Å²) in [4.78, 5) is 28.0. The molecule has 2 aromatic carbocycles. The van der Waals surface area contributed by atoms with Gasteiger partial charge in [-0.2, -0.15) is 23.5 Å². The summed E-state index contributed by atoms with van der Waals surface area (Å²) in [6, 6.07) is 14.0. The van der Waals surface area contributed by atoms with Crippen LogP contribution in [0.15, 0.2) is 65.6 Å². The van der Waals surface area contributed by atoms with E-state index in [-0.39, 0.29) is 23.1 Å². The Kier molecular flexibility index (Phi) is 8.76. The Morgan fingerprint density at radius 2 is 1.76 bits per heavy atom. The SMILES string of the molecule is CC[N+](C)(C)C[C@H]1CC[C@H](NC(=O)n2c(-c3ccnn3-c3ccc(C#N)cc3)c(C)n(-c3cccc(C(F)(F)F)c3)c2=O)CC1. The molecule has 0 unspecified atom stereocenters. The average Bonchev–Trinajstić information content (AvgIpc) is 3.59. The maximum absolute atomic E-state index is 14.0. The van der Waals surface area contributed by atoms with E-state index < -0.39 is 23.5 Å². The molecule has 2 aromatic heterocycles. The molecule has 0 radical (unpaired) electrons. The standard InChI is InChI=1S/C33H36F3N7O2/c1-5-43(3,4)21-24-9-13-26(14-10-24)39-31(44)41-30(29-17-18-38-42(29)27-15-11-23(20-37)12-16-27)22(2)40(32(41)45)28-8-6-7-25(19-28)33(34,35)36/h6-8,11-12,15-19,24,26H,5,9-10,13-14,21H2,1-4H3/p+1/t24-,26-. The zero-order chi connectivity index (χ0) is 32.5.